The van der Waals surface area contributed by atoms with Crippen molar-refractivity contribution in [3.8, 4) is 0 Å². The molecule has 0 amide bonds. The zero-order chi connectivity index (χ0) is 20.1. The zero-order valence-electron chi connectivity index (χ0n) is 17.4. The number of aromatic nitrogens is 1. The lowest BCUT2D eigenvalue weighted by Crippen LogP contribution is -2.36. The minimum absolute atomic E-state index is 0.169. The van der Waals surface area contributed by atoms with Crippen LogP contribution in [-0.4, -0.2) is 15.5 Å². The van der Waals surface area contributed by atoms with Gasteiger partial charge in [0.1, 0.15) is 5.82 Å². The van der Waals surface area contributed by atoms with E-state index >= 15 is 0 Å². The smallest absolute Gasteiger partial charge is 0.123 e. The standard InChI is InChI=1S/C25H31FN2/c1-19(2)21(4)28(16-22-10-7-12-24(26)15-22)18-25-13-8-14-27(25)17-23-11-6-5-9-20(23)3/h5-15,19,21H,16-18H2,1-4H3/t21-/m1/s1. The van der Waals surface area contributed by atoms with E-state index in [1.54, 1.807) is 12.1 Å². The van der Waals surface area contributed by atoms with Gasteiger partial charge in [-0.15, -0.1) is 0 Å². The highest BCUT2D eigenvalue weighted by Crippen LogP contribution is 2.20. The van der Waals surface area contributed by atoms with Crippen molar-refractivity contribution in [3.63, 3.8) is 0 Å². The van der Waals surface area contributed by atoms with E-state index in [1.807, 2.05) is 6.07 Å². The highest BCUT2D eigenvalue weighted by atomic mass is 19.1. The number of rotatable bonds is 8. The number of nitrogens with zero attached hydrogens (tertiary/aromatic N) is 2. The van der Waals surface area contributed by atoms with Gasteiger partial charge in [0.25, 0.3) is 0 Å². The minimum atomic E-state index is -0.169. The van der Waals surface area contributed by atoms with Crippen LogP contribution in [-0.2, 0) is 19.6 Å². The third-order valence-electron chi connectivity index (χ3n) is 5.71. The summed E-state index contributed by atoms with van der Waals surface area (Å²) in [5, 5.41) is 0. The van der Waals surface area contributed by atoms with E-state index in [0.29, 0.717) is 12.0 Å². The number of aryl methyl sites for hydroxylation is 1. The summed E-state index contributed by atoms with van der Waals surface area (Å²) in [6.45, 7) is 11.4. The van der Waals surface area contributed by atoms with Crippen molar-refractivity contribution in [2.45, 2.75) is 53.4 Å². The van der Waals surface area contributed by atoms with Crippen molar-refractivity contribution >= 4 is 0 Å². The van der Waals surface area contributed by atoms with Crippen LogP contribution in [0.15, 0.2) is 66.9 Å². The van der Waals surface area contributed by atoms with Gasteiger partial charge in [0.15, 0.2) is 0 Å². The molecule has 1 aromatic heterocycles. The molecule has 3 aromatic rings. The molecule has 0 N–H and O–H groups in total. The molecular formula is C25H31FN2. The molecule has 3 heteroatoms. The first-order chi connectivity index (χ1) is 13.4. The van der Waals surface area contributed by atoms with Gasteiger partial charge in [-0.2, -0.15) is 0 Å². The fourth-order valence-electron chi connectivity index (χ4n) is 3.56. The average Bonchev–Trinajstić information content (AvgIpc) is 3.09. The summed E-state index contributed by atoms with van der Waals surface area (Å²) in [4.78, 5) is 2.45. The Labute approximate surface area is 168 Å². The van der Waals surface area contributed by atoms with E-state index in [9.17, 15) is 4.39 Å². The van der Waals surface area contributed by atoms with Gasteiger partial charge in [-0.25, -0.2) is 4.39 Å². The summed E-state index contributed by atoms with van der Waals surface area (Å²) in [5.41, 5.74) is 4.96. The zero-order valence-corrected chi connectivity index (χ0v) is 17.4. The summed E-state index contributed by atoms with van der Waals surface area (Å²) < 4.78 is 16.0. The Bertz CT molecular complexity index is 897. The Morgan fingerprint density at radius 3 is 2.43 bits per heavy atom. The molecule has 0 aliphatic rings. The van der Waals surface area contributed by atoms with E-state index in [1.165, 1.54) is 22.9 Å². The van der Waals surface area contributed by atoms with Gasteiger partial charge < -0.3 is 4.57 Å². The fraction of sp³-hybridized carbons (Fsp3) is 0.360. The quantitative estimate of drug-likeness (QED) is 0.464. The fourth-order valence-corrected chi connectivity index (χ4v) is 3.56. The van der Waals surface area contributed by atoms with E-state index in [-0.39, 0.29) is 5.82 Å². The Morgan fingerprint density at radius 2 is 1.71 bits per heavy atom. The molecule has 3 rings (SSSR count). The van der Waals surface area contributed by atoms with Gasteiger partial charge in [0.2, 0.25) is 0 Å². The maximum atomic E-state index is 13.7. The molecule has 0 fully saturated rings. The van der Waals surface area contributed by atoms with Crippen LogP contribution in [0.25, 0.3) is 0 Å². The second-order valence-electron chi connectivity index (χ2n) is 8.07. The topological polar surface area (TPSA) is 8.17 Å². The Morgan fingerprint density at radius 1 is 0.929 bits per heavy atom. The molecular weight excluding hydrogens is 347 g/mol. The highest BCUT2D eigenvalue weighted by Gasteiger charge is 2.19. The van der Waals surface area contributed by atoms with Crippen molar-refractivity contribution in [1.82, 2.24) is 9.47 Å². The number of hydrogen-bond donors (Lipinski definition) is 0. The lowest BCUT2D eigenvalue weighted by Gasteiger charge is -2.32. The highest BCUT2D eigenvalue weighted by molar-refractivity contribution is 5.26. The maximum absolute atomic E-state index is 13.7. The molecule has 1 heterocycles. The molecule has 0 aliphatic carbocycles. The van der Waals surface area contributed by atoms with Crippen LogP contribution >= 0.6 is 0 Å². The van der Waals surface area contributed by atoms with Crippen LogP contribution in [0.1, 0.15) is 43.2 Å². The summed E-state index contributed by atoms with van der Waals surface area (Å²) in [6, 6.07) is 20.2. The predicted molar refractivity (Wildman–Crippen MR) is 115 cm³/mol. The maximum Gasteiger partial charge on any atom is 0.123 e. The second-order valence-corrected chi connectivity index (χ2v) is 8.07. The third kappa shape index (κ3) is 5.11. The molecule has 0 bridgehead atoms. The van der Waals surface area contributed by atoms with Crippen LogP contribution in [0.3, 0.4) is 0 Å². The largest absolute Gasteiger partial charge is 0.346 e. The first-order valence-electron chi connectivity index (χ1n) is 10.1. The van der Waals surface area contributed by atoms with Gasteiger partial charge >= 0.3 is 0 Å². The SMILES string of the molecule is Cc1ccccc1Cn1cccc1CN(Cc1cccc(F)c1)[C@H](C)C(C)C. The Kier molecular flexibility index (Phi) is 6.69. The summed E-state index contributed by atoms with van der Waals surface area (Å²) in [5.74, 6) is 0.353. The first-order valence-corrected chi connectivity index (χ1v) is 10.1. The van der Waals surface area contributed by atoms with Crippen LogP contribution in [0.5, 0.6) is 0 Å². The number of benzene rings is 2. The van der Waals surface area contributed by atoms with E-state index < -0.39 is 0 Å². The van der Waals surface area contributed by atoms with Gasteiger partial charge in [-0.3, -0.25) is 4.90 Å². The number of halogens is 1. The summed E-state index contributed by atoms with van der Waals surface area (Å²) >= 11 is 0. The van der Waals surface area contributed by atoms with Crippen molar-refractivity contribution < 1.29 is 4.39 Å². The molecule has 2 nitrogen and oxygen atoms in total. The lowest BCUT2D eigenvalue weighted by atomic mass is 10.0. The summed E-state index contributed by atoms with van der Waals surface area (Å²) in [6.07, 6.45) is 2.15. The third-order valence-corrected chi connectivity index (χ3v) is 5.71. The van der Waals surface area contributed by atoms with Gasteiger partial charge in [-0.1, -0.05) is 50.2 Å². The van der Waals surface area contributed by atoms with Crippen LogP contribution < -0.4 is 0 Å². The van der Waals surface area contributed by atoms with Gasteiger partial charge in [-0.05, 0) is 60.7 Å². The van der Waals surface area contributed by atoms with E-state index in [4.69, 9.17) is 0 Å². The molecule has 0 unspecified atom stereocenters. The van der Waals surface area contributed by atoms with Crippen LogP contribution in [0.2, 0.25) is 0 Å². The molecule has 0 spiro atoms. The van der Waals surface area contributed by atoms with Gasteiger partial charge in [0, 0.05) is 37.6 Å². The molecule has 2 aromatic carbocycles. The van der Waals surface area contributed by atoms with Crippen LogP contribution in [0, 0.1) is 18.7 Å². The monoisotopic (exact) mass is 378 g/mol. The van der Waals surface area contributed by atoms with E-state index in [0.717, 1.165) is 25.2 Å². The molecule has 0 saturated heterocycles. The molecule has 1 atom stereocenters. The molecule has 0 radical (unpaired) electrons. The number of hydrogen-bond acceptors (Lipinski definition) is 1. The minimum Gasteiger partial charge on any atom is -0.346 e. The predicted octanol–water partition coefficient (Wildman–Crippen LogP) is 6.03. The van der Waals surface area contributed by atoms with Crippen molar-refractivity contribution in [2.24, 2.45) is 5.92 Å². The van der Waals surface area contributed by atoms with Crippen molar-refractivity contribution in [3.05, 3.63) is 95.1 Å². The van der Waals surface area contributed by atoms with E-state index in [2.05, 4.69) is 79.8 Å². The van der Waals surface area contributed by atoms with Gasteiger partial charge in [0.05, 0.1) is 0 Å². The molecule has 148 valence electrons. The molecule has 28 heavy (non-hydrogen) atoms. The lowest BCUT2D eigenvalue weighted by molar-refractivity contribution is 0.148. The Balaban J connectivity index is 1.81. The molecule has 0 aliphatic heterocycles. The van der Waals surface area contributed by atoms with Crippen molar-refractivity contribution in [2.75, 3.05) is 0 Å². The normalized spacial score (nSPS) is 12.7. The first kappa shape index (κ1) is 20.3. The average molecular weight is 379 g/mol. The summed E-state index contributed by atoms with van der Waals surface area (Å²) in [7, 11) is 0. The second kappa shape index (κ2) is 9.20. The molecule has 0 saturated carbocycles. The van der Waals surface area contributed by atoms with Crippen LogP contribution in [0.4, 0.5) is 4.39 Å². The van der Waals surface area contributed by atoms with Crippen molar-refractivity contribution in [1.29, 1.82) is 0 Å². The Hall–Kier alpha value is -2.39.